The molecule has 0 radical (unpaired) electrons. The molecule has 4 heteroatoms. The van der Waals surface area contributed by atoms with E-state index in [2.05, 4.69) is 0 Å². The second kappa shape index (κ2) is 5.45. The molecule has 25 heavy (non-hydrogen) atoms. The van der Waals surface area contributed by atoms with Crippen LogP contribution >= 0.6 is 0 Å². The third kappa shape index (κ3) is 2.84. The number of hydrogen-bond donors (Lipinski definition) is 2. The van der Waals surface area contributed by atoms with E-state index in [0.29, 0.717) is 5.92 Å². The minimum atomic E-state index is -0.850. The van der Waals surface area contributed by atoms with Crippen LogP contribution in [-0.2, 0) is 9.53 Å². The Bertz CT molecular complexity index is 523. The van der Waals surface area contributed by atoms with Crippen LogP contribution in [0.5, 0.6) is 0 Å². The molecule has 2 N–H and O–H groups in total. The van der Waals surface area contributed by atoms with Crippen LogP contribution in [0.4, 0.5) is 0 Å². The molecule has 4 aliphatic rings. The lowest BCUT2D eigenvalue weighted by Crippen LogP contribution is -2.70. The minimum absolute atomic E-state index is 0.107. The molecule has 0 spiro atoms. The van der Waals surface area contributed by atoms with Crippen LogP contribution in [0.2, 0.25) is 0 Å². The van der Waals surface area contributed by atoms with E-state index in [1.165, 1.54) is 0 Å². The van der Waals surface area contributed by atoms with E-state index in [1.807, 2.05) is 41.5 Å². The zero-order valence-electron chi connectivity index (χ0n) is 16.8. The molecule has 0 aromatic carbocycles. The highest BCUT2D eigenvalue weighted by molar-refractivity contribution is 5.72. The van der Waals surface area contributed by atoms with E-state index in [0.717, 1.165) is 44.9 Å². The summed E-state index contributed by atoms with van der Waals surface area (Å²) < 4.78 is 6.18. The van der Waals surface area contributed by atoms with Crippen LogP contribution < -0.4 is 0 Å². The molecule has 4 rings (SSSR count). The summed E-state index contributed by atoms with van der Waals surface area (Å²) in [6.07, 6.45) is 5.84. The zero-order valence-corrected chi connectivity index (χ0v) is 16.8. The fraction of sp³-hybridized carbons (Fsp3) is 0.952. The molecular formula is C21H36O4. The molecule has 0 aliphatic heterocycles. The van der Waals surface area contributed by atoms with Crippen molar-refractivity contribution in [1.82, 2.24) is 0 Å². The Balaban J connectivity index is 2.02. The summed E-state index contributed by atoms with van der Waals surface area (Å²) in [7, 11) is 0. The van der Waals surface area contributed by atoms with Crippen molar-refractivity contribution < 1.29 is 19.7 Å². The van der Waals surface area contributed by atoms with Gasteiger partial charge in [-0.25, -0.2) is 0 Å². The van der Waals surface area contributed by atoms with E-state index in [1.54, 1.807) is 0 Å². The van der Waals surface area contributed by atoms with Crippen molar-refractivity contribution in [2.24, 2.45) is 22.7 Å². The first-order chi connectivity index (χ1) is 11.3. The SMILES string of the molecule is CCC(C)C(=O)OC12CC3CC(C(C)(C)O)(C1)CC(C(C)(C)O)(C3)C2. The molecule has 0 saturated heterocycles. The lowest BCUT2D eigenvalue weighted by Gasteiger charge is -2.70. The highest BCUT2D eigenvalue weighted by atomic mass is 16.6. The normalized spacial score (nSPS) is 41.7. The van der Waals surface area contributed by atoms with Crippen molar-refractivity contribution in [1.29, 1.82) is 0 Å². The van der Waals surface area contributed by atoms with Gasteiger partial charge in [-0.3, -0.25) is 4.79 Å². The van der Waals surface area contributed by atoms with E-state index in [9.17, 15) is 15.0 Å². The topological polar surface area (TPSA) is 66.8 Å². The molecule has 144 valence electrons. The molecule has 0 amide bonds. The molecular weight excluding hydrogens is 316 g/mol. The largest absolute Gasteiger partial charge is 0.459 e. The fourth-order valence-electron chi connectivity index (χ4n) is 6.31. The molecule has 4 nitrogen and oxygen atoms in total. The van der Waals surface area contributed by atoms with E-state index in [4.69, 9.17) is 4.74 Å². The number of hydrogen-bond acceptors (Lipinski definition) is 4. The summed E-state index contributed by atoms with van der Waals surface area (Å²) in [6.45, 7) is 11.5. The maximum Gasteiger partial charge on any atom is 0.309 e. The number of aliphatic hydroxyl groups is 2. The standard InChI is InChI=1S/C21H36O4/c1-7-14(2)16(22)25-21-10-15-8-19(12-21,17(3,4)23)11-20(9-15,13-21)18(5,6)24/h14-15,23-24H,7-13H2,1-6H3. The molecule has 3 unspecified atom stereocenters. The summed E-state index contributed by atoms with van der Waals surface area (Å²) in [5.74, 6) is 0.171. The molecule has 0 aromatic rings. The molecule has 4 aliphatic carbocycles. The summed E-state index contributed by atoms with van der Waals surface area (Å²) in [4.78, 5) is 12.6. The summed E-state index contributed by atoms with van der Waals surface area (Å²) in [6, 6.07) is 0. The van der Waals surface area contributed by atoms with Gasteiger partial charge in [-0.1, -0.05) is 13.8 Å². The van der Waals surface area contributed by atoms with Crippen molar-refractivity contribution in [2.75, 3.05) is 0 Å². The van der Waals surface area contributed by atoms with Gasteiger partial charge in [0.25, 0.3) is 0 Å². The highest BCUT2D eigenvalue weighted by Gasteiger charge is 2.70. The molecule has 3 atom stereocenters. The van der Waals surface area contributed by atoms with Gasteiger partial charge < -0.3 is 14.9 Å². The van der Waals surface area contributed by atoms with Crippen molar-refractivity contribution in [3.05, 3.63) is 0 Å². The van der Waals surface area contributed by atoms with Crippen LogP contribution in [0.25, 0.3) is 0 Å². The first kappa shape index (κ1) is 19.2. The monoisotopic (exact) mass is 352 g/mol. The van der Waals surface area contributed by atoms with Crippen LogP contribution in [0.1, 0.15) is 86.5 Å². The average molecular weight is 353 g/mol. The highest BCUT2D eigenvalue weighted by Crippen LogP contribution is 2.72. The molecule has 0 aromatic heterocycles. The zero-order chi connectivity index (χ0) is 18.9. The molecule has 4 saturated carbocycles. The Kier molecular flexibility index (Phi) is 4.18. The lowest BCUT2D eigenvalue weighted by molar-refractivity contribution is -0.286. The first-order valence-corrected chi connectivity index (χ1v) is 9.95. The smallest absolute Gasteiger partial charge is 0.309 e. The van der Waals surface area contributed by atoms with Gasteiger partial charge in [0.2, 0.25) is 0 Å². The van der Waals surface area contributed by atoms with E-state index < -0.39 is 16.8 Å². The first-order valence-electron chi connectivity index (χ1n) is 9.95. The van der Waals surface area contributed by atoms with Crippen molar-refractivity contribution in [3.8, 4) is 0 Å². The lowest BCUT2D eigenvalue weighted by atomic mass is 9.37. The van der Waals surface area contributed by atoms with Gasteiger partial charge in [-0.05, 0) is 78.6 Å². The second-order valence-electron chi connectivity index (χ2n) is 10.6. The summed E-state index contributed by atoms with van der Waals surface area (Å²) in [5, 5.41) is 22.1. The molecule has 4 fully saturated rings. The van der Waals surface area contributed by atoms with Gasteiger partial charge in [-0.15, -0.1) is 0 Å². The Morgan fingerprint density at radius 1 is 1.04 bits per heavy atom. The predicted molar refractivity (Wildman–Crippen MR) is 96.9 cm³/mol. The summed E-state index contributed by atoms with van der Waals surface area (Å²) in [5.41, 5.74) is -2.81. The average Bonchev–Trinajstić information content (AvgIpc) is 2.42. The van der Waals surface area contributed by atoms with Crippen molar-refractivity contribution in [2.45, 2.75) is 103 Å². The second-order valence-corrected chi connectivity index (χ2v) is 10.6. The van der Waals surface area contributed by atoms with Gasteiger partial charge in [0.1, 0.15) is 5.60 Å². The minimum Gasteiger partial charge on any atom is -0.459 e. The van der Waals surface area contributed by atoms with Crippen molar-refractivity contribution >= 4 is 5.97 Å². The predicted octanol–water partition coefficient (Wildman–Crippen LogP) is 3.83. The fourth-order valence-corrected chi connectivity index (χ4v) is 6.31. The van der Waals surface area contributed by atoms with Gasteiger partial charge in [0.05, 0.1) is 17.1 Å². The van der Waals surface area contributed by atoms with Gasteiger partial charge in [-0.2, -0.15) is 0 Å². The quantitative estimate of drug-likeness (QED) is 0.738. The van der Waals surface area contributed by atoms with E-state index >= 15 is 0 Å². The van der Waals surface area contributed by atoms with Gasteiger partial charge >= 0.3 is 5.97 Å². The van der Waals surface area contributed by atoms with Gasteiger partial charge in [0, 0.05) is 10.8 Å². The molecule has 0 heterocycles. The maximum absolute atomic E-state index is 12.6. The Labute approximate surface area is 152 Å². The number of esters is 1. The Hall–Kier alpha value is -0.610. The van der Waals surface area contributed by atoms with Gasteiger partial charge in [0.15, 0.2) is 0 Å². The number of ether oxygens (including phenoxy) is 1. The number of carbonyl (C=O) groups excluding carboxylic acids is 1. The third-order valence-corrected chi connectivity index (χ3v) is 7.94. The van der Waals surface area contributed by atoms with Crippen molar-refractivity contribution in [3.63, 3.8) is 0 Å². The Morgan fingerprint density at radius 3 is 1.92 bits per heavy atom. The number of rotatable bonds is 5. The number of carbonyl (C=O) groups is 1. The van der Waals surface area contributed by atoms with E-state index in [-0.39, 0.29) is 22.7 Å². The molecule has 4 bridgehead atoms. The van der Waals surface area contributed by atoms with Crippen LogP contribution in [0.3, 0.4) is 0 Å². The van der Waals surface area contributed by atoms with Crippen LogP contribution in [-0.4, -0.2) is 33.0 Å². The van der Waals surface area contributed by atoms with Crippen LogP contribution in [0.15, 0.2) is 0 Å². The van der Waals surface area contributed by atoms with Crippen LogP contribution in [0, 0.1) is 22.7 Å². The summed E-state index contributed by atoms with van der Waals surface area (Å²) >= 11 is 0. The third-order valence-electron chi connectivity index (χ3n) is 7.94. The maximum atomic E-state index is 12.6. The Morgan fingerprint density at radius 2 is 1.52 bits per heavy atom.